The Morgan fingerprint density at radius 3 is 2.59 bits per heavy atom. The summed E-state index contributed by atoms with van der Waals surface area (Å²) in [6.45, 7) is 10.1. The predicted molar refractivity (Wildman–Crippen MR) is 132 cm³/mol. The van der Waals surface area contributed by atoms with Gasteiger partial charge in [-0.05, 0) is 56.8 Å². The Hall–Kier alpha value is -0.570. The number of hydrogen-bond acceptors (Lipinski definition) is 3. The number of aliphatic imine (C=N–C) groups is 1. The Labute approximate surface area is 198 Å². The summed E-state index contributed by atoms with van der Waals surface area (Å²) in [7, 11) is 1.89. The average molecular weight is 535 g/mol. The second-order valence-electron chi connectivity index (χ2n) is 8.00. The minimum Gasteiger partial charge on any atom is -0.381 e. The summed E-state index contributed by atoms with van der Waals surface area (Å²) in [6, 6.07) is 8.18. The van der Waals surface area contributed by atoms with Crippen LogP contribution in [0.5, 0.6) is 0 Å². The van der Waals surface area contributed by atoms with E-state index in [0.717, 1.165) is 63.5 Å². The van der Waals surface area contributed by atoms with Crippen molar-refractivity contribution in [3.05, 3.63) is 34.9 Å². The van der Waals surface area contributed by atoms with Crippen molar-refractivity contribution in [1.82, 2.24) is 15.1 Å². The van der Waals surface area contributed by atoms with E-state index in [4.69, 9.17) is 16.3 Å². The molecule has 1 unspecified atom stereocenters. The van der Waals surface area contributed by atoms with Gasteiger partial charge in [-0.1, -0.05) is 29.8 Å². The van der Waals surface area contributed by atoms with Crippen LogP contribution in [0.1, 0.15) is 31.7 Å². The van der Waals surface area contributed by atoms with E-state index in [1.165, 1.54) is 24.8 Å². The number of guanidine groups is 1. The largest absolute Gasteiger partial charge is 0.381 e. The lowest BCUT2D eigenvalue weighted by Crippen LogP contribution is -2.44. The Kier molecular flexibility index (Phi) is 11.0. The molecule has 2 aliphatic rings. The molecule has 2 heterocycles. The van der Waals surface area contributed by atoms with Crippen LogP contribution in [0.15, 0.2) is 29.3 Å². The minimum absolute atomic E-state index is 0. The maximum atomic E-state index is 6.31. The number of ether oxygens (including phenoxy) is 1. The van der Waals surface area contributed by atoms with Gasteiger partial charge in [0.15, 0.2) is 5.96 Å². The SMILES string of the molecule is CCOCC1CCN(C(=NC)NCC2CCN(Cc3ccccc3Cl)CC2)C1.I. The first kappa shape index (κ1) is 24.7. The van der Waals surface area contributed by atoms with Gasteiger partial charge in [-0.3, -0.25) is 9.89 Å². The fraction of sp³-hybridized carbons (Fsp3) is 0.682. The van der Waals surface area contributed by atoms with E-state index in [1.807, 2.05) is 19.2 Å². The number of halogens is 2. The van der Waals surface area contributed by atoms with Crippen molar-refractivity contribution in [2.75, 3.05) is 53.0 Å². The molecule has 2 aliphatic heterocycles. The van der Waals surface area contributed by atoms with Crippen LogP contribution < -0.4 is 5.32 Å². The van der Waals surface area contributed by atoms with Crippen molar-refractivity contribution < 1.29 is 4.74 Å². The number of piperidine rings is 1. The summed E-state index contributed by atoms with van der Waals surface area (Å²) in [5.41, 5.74) is 1.23. The molecule has 0 aliphatic carbocycles. The molecule has 1 atom stereocenters. The molecule has 164 valence electrons. The molecule has 1 aromatic carbocycles. The average Bonchev–Trinajstić information content (AvgIpc) is 3.18. The molecule has 29 heavy (non-hydrogen) atoms. The second-order valence-corrected chi connectivity index (χ2v) is 8.41. The molecule has 2 fully saturated rings. The van der Waals surface area contributed by atoms with Crippen molar-refractivity contribution >= 4 is 41.5 Å². The molecule has 1 N–H and O–H groups in total. The van der Waals surface area contributed by atoms with E-state index in [2.05, 4.69) is 39.2 Å². The Balaban J connectivity index is 0.00000300. The summed E-state index contributed by atoms with van der Waals surface area (Å²) in [5, 5.41) is 4.50. The fourth-order valence-electron chi connectivity index (χ4n) is 4.23. The second kappa shape index (κ2) is 13.0. The zero-order valence-electron chi connectivity index (χ0n) is 17.8. The first-order chi connectivity index (χ1) is 13.7. The van der Waals surface area contributed by atoms with E-state index in [9.17, 15) is 0 Å². The summed E-state index contributed by atoms with van der Waals surface area (Å²) < 4.78 is 5.59. The third-order valence-electron chi connectivity index (χ3n) is 5.96. The molecular formula is C22H36ClIN4O. The molecule has 0 aromatic heterocycles. The van der Waals surface area contributed by atoms with Crippen LogP contribution in [0.4, 0.5) is 0 Å². The summed E-state index contributed by atoms with van der Waals surface area (Å²) >= 11 is 6.31. The quantitative estimate of drug-likeness (QED) is 0.325. The lowest BCUT2D eigenvalue weighted by atomic mass is 9.96. The molecule has 0 spiro atoms. The number of benzene rings is 1. The van der Waals surface area contributed by atoms with Gasteiger partial charge in [-0.2, -0.15) is 0 Å². The smallest absolute Gasteiger partial charge is 0.193 e. The number of rotatable bonds is 7. The number of nitrogens with zero attached hydrogens (tertiary/aromatic N) is 3. The Morgan fingerprint density at radius 2 is 1.90 bits per heavy atom. The van der Waals surface area contributed by atoms with Crippen LogP contribution in [-0.2, 0) is 11.3 Å². The van der Waals surface area contributed by atoms with Gasteiger partial charge in [-0.25, -0.2) is 0 Å². The van der Waals surface area contributed by atoms with E-state index >= 15 is 0 Å². The maximum absolute atomic E-state index is 6.31. The van der Waals surface area contributed by atoms with Crippen molar-refractivity contribution in [2.45, 2.75) is 32.7 Å². The van der Waals surface area contributed by atoms with E-state index < -0.39 is 0 Å². The summed E-state index contributed by atoms with van der Waals surface area (Å²) in [4.78, 5) is 9.42. The monoisotopic (exact) mass is 534 g/mol. The lowest BCUT2D eigenvalue weighted by Gasteiger charge is -2.33. The molecule has 0 saturated carbocycles. The number of likely N-dealkylation sites (tertiary alicyclic amines) is 2. The lowest BCUT2D eigenvalue weighted by molar-refractivity contribution is 0.114. The van der Waals surface area contributed by atoms with E-state index in [0.29, 0.717) is 11.8 Å². The molecule has 0 radical (unpaired) electrons. The maximum Gasteiger partial charge on any atom is 0.193 e. The zero-order valence-corrected chi connectivity index (χ0v) is 20.9. The van der Waals surface area contributed by atoms with Gasteiger partial charge in [0.2, 0.25) is 0 Å². The van der Waals surface area contributed by atoms with Gasteiger partial charge in [0.25, 0.3) is 0 Å². The first-order valence-corrected chi connectivity index (χ1v) is 11.1. The Bertz CT molecular complexity index is 637. The van der Waals surface area contributed by atoms with Crippen LogP contribution in [0.2, 0.25) is 5.02 Å². The van der Waals surface area contributed by atoms with Crippen molar-refractivity contribution in [3.8, 4) is 0 Å². The van der Waals surface area contributed by atoms with E-state index in [-0.39, 0.29) is 24.0 Å². The normalized spacial score (nSPS) is 21.3. The molecule has 3 rings (SSSR count). The summed E-state index contributed by atoms with van der Waals surface area (Å²) in [5.74, 6) is 2.39. The van der Waals surface area contributed by atoms with Gasteiger partial charge >= 0.3 is 0 Å². The topological polar surface area (TPSA) is 40.1 Å². The highest BCUT2D eigenvalue weighted by atomic mass is 127. The molecule has 5 nitrogen and oxygen atoms in total. The van der Waals surface area contributed by atoms with Gasteiger partial charge in [-0.15, -0.1) is 24.0 Å². The van der Waals surface area contributed by atoms with Crippen LogP contribution in [-0.4, -0.2) is 68.7 Å². The predicted octanol–water partition coefficient (Wildman–Crippen LogP) is 4.10. The van der Waals surface area contributed by atoms with Crippen LogP contribution in [0.3, 0.4) is 0 Å². The fourth-order valence-corrected chi connectivity index (χ4v) is 4.43. The van der Waals surface area contributed by atoms with Crippen LogP contribution >= 0.6 is 35.6 Å². The van der Waals surface area contributed by atoms with Gasteiger partial charge in [0, 0.05) is 50.8 Å². The minimum atomic E-state index is 0. The standard InChI is InChI=1S/C22H35ClN4O.HI/c1-3-28-17-19-10-13-27(15-19)22(24-2)25-14-18-8-11-26(12-9-18)16-20-6-4-5-7-21(20)23;/h4-7,18-19H,3,8-17H2,1-2H3,(H,24,25);1H. The number of nitrogens with one attached hydrogen (secondary N) is 1. The highest BCUT2D eigenvalue weighted by Crippen LogP contribution is 2.22. The molecule has 0 amide bonds. The highest BCUT2D eigenvalue weighted by Gasteiger charge is 2.26. The highest BCUT2D eigenvalue weighted by molar-refractivity contribution is 14.0. The molecular weight excluding hydrogens is 499 g/mol. The third kappa shape index (κ3) is 7.56. The van der Waals surface area contributed by atoms with Gasteiger partial charge in [0.05, 0.1) is 6.61 Å². The molecule has 1 aromatic rings. The van der Waals surface area contributed by atoms with Gasteiger partial charge in [0.1, 0.15) is 0 Å². The third-order valence-corrected chi connectivity index (χ3v) is 6.33. The van der Waals surface area contributed by atoms with Crippen molar-refractivity contribution in [2.24, 2.45) is 16.8 Å². The van der Waals surface area contributed by atoms with Crippen LogP contribution in [0, 0.1) is 11.8 Å². The van der Waals surface area contributed by atoms with Gasteiger partial charge < -0.3 is 15.0 Å². The molecule has 7 heteroatoms. The molecule has 2 saturated heterocycles. The summed E-state index contributed by atoms with van der Waals surface area (Å²) in [6.07, 6.45) is 3.64. The molecule has 0 bridgehead atoms. The number of hydrogen-bond donors (Lipinski definition) is 1. The Morgan fingerprint density at radius 1 is 1.17 bits per heavy atom. The first-order valence-electron chi connectivity index (χ1n) is 10.7. The van der Waals surface area contributed by atoms with Crippen molar-refractivity contribution in [1.29, 1.82) is 0 Å². The van der Waals surface area contributed by atoms with E-state index in [1.54, 1.807) is 0 Å². The van der Waals surface area contributed by atoms with Crippen molar-refractivity contribution in [3.63, 3.8) is 0 Å². The zero-order chi connectivity index (χ0) is 19.8. The van der Waals surface area contributed by atoms with Crippen LogP contribution in [0.25, 0.3) is 0 Å².